The van der Waals surface area contributed by atoms with Gasteiger partial charge in [0.15, 0.2) is 11.9 Å². The maximum atomic E-state index is 11.5. The zero-order valence-corrected chi connectivity index (χ0v) is 10.5. The molecule has 0 saturated carbocycles. The third-order valence-corrected chi connectivity index (χ3v) is 2.43. The monoisotopic (exact) mass is 235 g/mol. The minimum Gasteiger partial charge on any atom is -0.480 e. The molecule has 0 aromatic heterocycles. The first-order chi connectivity index (χ1) is 7.95. The standard InChI is InChI=1S/C13H17NO3/c1-8-5-6-12(11(7-8)9(2)15)17-10(3)13(16)14-4/h5-7,10H,1-4H3,(H,14,16). The van der Waals surface area contributed by atoms with Crippen LogP contribution < -0.4 is 10.1 Å². The Balaban J connectivity index is 2.98. The van der Waals surface area contributed by atoms with Crippen molar-refractivity contribution in [3.8, 4) is 5.75 Å². The lowest BCUT2D eigenvalue weighted by Crippen LogP contribution is -2.34. The van der Waals surface area contributed by atoms with Crippen molar-refractivity contribution in [3.63, 3.8) is 0 Å². The van der Waals surface area contributed by atoms with Gasteiger partial charge in [-0.2, -0.15) is 0 Å². The Morgan fingerprint density at radius 2 is 2.00 bits per heavy atom. The van der Waals surface area contributed by atoms with E-state index in [0.717, 1.165) is 5.56 Å². The summed E-state index contributed by atoms with van der Waals surface area (Å²) in [6.45, 7) is 5.02. The molecule has 0 fully saturated rings. The summed E-state index contributed by atoms with van der Waals surface area (Å²) in [7, 11) is 1.54. The van der Waals surface area contributed by atoms with Crippen LogP contribution in [0.5, 0.6) is 5.75 Å². The Labute approximate surface area is 101 Å². The molecule has 1 rings (SSSR count). The lowest BCUT2D eigenvalue weighted by atomic mass is 10.1. The summed E-state index contributed by atoms with van der Waals surface area (Å²) in [5.41, 5.74) is 1.48. The van der Waals surface area contributed by atoms with Gasteiger partial charge in [-0.1, -0.05) is 11.6 Å². The van der Waals surface area contributed by atoms with Crippen LogP contribution in [-0.4, -0.2) is 24.8 Å². The number of Topliss-reactive ketones (excluding diaryl/α,β-unsaturated/α-hetero) is 1. The van der Waals surface area contributed by atoms with E-state index >= 15 is 0 Å². The SMILES string of the molecule is CNC(=O)C(C)Oc1ccc(C)cc1C(C)=O. The first kappa shape index (κ1) is 13.2. The van der Waals surface area contributed by atoms with E-state index in [-0.39, 0.29) is 11.7 Å². The quantitative estimate of drug-likeness (QED) is 0.808. The second-order valence-corrected chi connectivity index (χ2v) is 3.93. The summed E-state index contributed by atoms with van der Waals surface area (Å²) >= 11 is 0. The average molecular weight is 235 g/mol. The summed E-state index contributed by atoms with van der Waals surface area (Å²) in [5, 5.41) is 2.50. The molecule has 1 unspecified atom stereocenters. The Kier molecular flexibility index (Phi) is 4.26. The molecule has 1 amide bonds. The Morgan fingerprint density at radius 3 is 2.53 bits per heavy atom. The molecule has 1 aromatic carbocycles. The first-order valence-corrected chi connectivity index (χ1v) is 5.45. The molecule has 92 valence electrons. The van der Waals surface area contributed by atoms with Gasteiger partial charge in [-0.25, -0.2) is 0 Å². The summed E-state index contributed by atoms with van der Waals surface area (Å²) < 4.78 is 5.48. The van der Waals surface area contributed by atoms with Gasteiger partial charge in [0, 0.05) is 7.05 Å². The lowest BCUT2D eigenvalue weighted by Gasteiger charge is -2.15. The number of carbonyl (C=O) groups is 2. The Hall–Kier alpha value is -1.84. The second kappa shape index (κ2) is 5.48. The lowest BCUT2D eigenvalue weighted by molar-refractivity contribution is -0.126. The minimum atomic E-state index is -0.624. The summed E-state index contributed by atoms with van der Waals surface area (Å²) in [4.78, 5) is 22.8. The highest BCUT2D eigenvalue weighted by Gasteiger charge is 2.16. The van der Waals surface area contributed by atoms with Gasteiger partial charge in [0.2, 0.25) is 0 Å². The predicted octanol–water partition coefficient (Wildman–Crippen LogP) is 1.71. The van der Waals surface area contributed by atoms with Crippen molar-refractivity contribution in [2.75, 3.05) is 7.05 Å². The van der Waals surface area contributed by atoms with Gasteiger partial charge in [-0.05, 0) is 32.9 Å². The fourth-order valence-electron chi connectivity index (χ4n) is 1.47. The fourth-order valence-corrected chi connectivity index (χ4v) is 1.47. The molecule has 0 radical (unpaired) electrons. The molecular formula is C13H17NO3. The molecule has 0 aliphatic heterocycles. The van der Waals surface area contributed by atoms with E-state index in [0.29, 0.717) is 11.3 Å². The average Bonchev–Trinajstić information content (AvgIpc) is 2.29. The largest absolute Gasteiger partial charge is 0.480 e. The van der Waals surface area contributed by atoms with Crippen LogP contribution in [0.1, 0.15) is 29.8 Å². The molecular weight excluding hydrogens is 218 g/mol. The zero-order chi connectivity index (χ0) is 13.0. The highest BCUT2D eigenvalue weighted by atomic mass is 16.5. The van der Waals surface area contributed by atoms with Crippen LogP contribution in [0.4, 0.5) is 0 Å². The molecule has 4 heteroatoms. The second-order valence-electron chi connectivity index (χ2n) is 3.93. The molecule has 1 atom stereocenters. The molecule has 0 saturated heterocycles. The maximum absolute atomic E-state index is 11.5. The van der Waals surface area contributed by atoms with E-state index in [1.807, 2.05) is 13.0 Å². The van der Waals surface area contributed by atoms with Gasteiger partial charge in [-0.3, -0.25) is 9.59 Å². The molecule has 0 bridgehead atoms. The van der Waals surface area contributed by atoms with E-state index in [1.54, 1.807) is 26.1 Å². The van der Waals surface area contributed by atoms with E-state index < -0.39 is 6.10 Å². The molecule has 4 nitrogen and oxygen atoms in total. The summed E-state index contributed by atoms with van der Waals surface area (Å²) in [6, 6.07) is 5.32. The number of rotatable bonds is 4. The third-order valence-electron chi connectivity index (χ3n) is 2.43. The van der Waals surface area contributed by atoms with Gasteiger partial charge in [0.1, 0.15) is 5.75 Å². The highest BCUT2D eigenvalue weighted by molar-refractivity contribution is 5.97. The molecule has 0 aliphatic rings. The predicted molar refractivity (Wildman–Crippen MR) is 65.3 cm³/mol. The molecule has 0 aliphatic carbocycles. The number of hydrogen-bond acceptors (Lipinski definition) is 3. The van der Waals surface area contributed by atoms with Crippen LogP contribution in [0.3, 0.4) is 0 Å². The number of aryl methyl sites for hydroxylation is 1. The number of benzene rings is 1. The zero-order valence-electron chi connectivity index (χ0n) is 10.5. The van der Waals surface area contributed by atoms with Gasteiger partial charge in [0.05, 0.1) is 5.56 Å². The fraction of sp³-hybridized carbons (Fsp3) is 0.385. The Morgan fingerprint density at radius 1 is 1.35 bits per heavy atom. The molecule has 1 N–H and O–H groups in total. The van der Waals surface area contributed by atoms with E-state index in [1.165, 1.54) is 6.92 Å². The number of hydrogen-bond donors (Lipinski definition) is 1. The number of ether oxygens (including phenoxy) is 1. The van der Waals surface area contributed by atoms with Crippen LogP contribution in [-0.2, 0) is 4.79 Å². The number of nitrogens with one attached hydrogen (secondary N) is 1. The van der Waals surface area contributed by atoms with Crippen molar-refractivity contribution >= 4 is 11.7 Å². The number of likely N-dealkylation sites (N-methyl/N-ethyl adjacent to an activating group) is 1. The third kappa shape index (κ3) is 3.31. The van der Waals surface area contributed by atoms with Gasteiger partial charge in [-0.15, -0.1) is 0 Å². The van der Waals surface area contributed by atoms with Crippen LogP contribution in [0.2, 0.25) is 0 Å². The number of amides is 1. The normalized spacial score (nSPS) is 11.8. The summed E-state index contributed by atoms with van der Waals surface area (Å²) in [6.07, 6.45) is -0.624. The smallest absolute Gasteiger partial charge is 0.260 e. The van der Waals surface area contributed by atoms with Crippen molar-refractivity contribution < 1.29 is 14.3 Å². The molecule has 1 aromatic rings. The number of ketones is 1. The van der Waals surface area contributed by atoms with Crippen LogP contribution in [0, 0.1) is 6.92 Å². The van der Waals surface area contributed by atoms with Crippen molar-refractivity contribution in [1.29, 1.82) is 0 Å². The van der Waals surface area contributed by atoms with Gasteiger partial charge >= 0.3 is 0 Å². The maximum Gasteiger partial charge on any atom is 0.260 e. The van der Waals surface area contributed by atoms with Crippen molar-refractivity contribution in [2.24, 2.45) is 0 Å². The Bertz CT molecular complexity index is 440. The highest BCUT2D eigenvalue weighted by Crippen LogP contribution is 2.21. The van der Waals surface area contributed by atoms with Crippen molar-refractivity contribution in [3.05, 3.63) is 29.3 Å². The van der Waals surface area contributed by atoms with Crippen LogP contribution >= 0.6 is 0 Å². The first-order valence-electron chi connectivity index (χ1n) is 5.45. The van der Waals surface area contributed by atoms with E-state index in [2.05, 4.69) is 5.32 Å². The van der Waals surface area contributed by atoms with E-state index in [9.17, 15) is 9.59 Å². The van der Waals surface area contributed by atoms with Crippen molar-refractivity contribution in [1.82, 2.24) is 5.32 Å². The molecule has 0 heterocycles. The van der Waals surface area contributed by atoms with Gasteiger partial charge < -0.3 is 10.1 Å². The number of carbonyl (C=O) groups excluding carboxylic acids is 2. The van der Waals surface area contributed by atoms with Gasteiger partial charge in [0.25, 0.3) is 5.91 Å². The van der Waals surface area contributed by atoms with E-state index in [4.69, 9.17) is 4.74 Å². The van der Waals surface area contributed by atoms with Crippen LogP contribution in [0.15, 0.2) is 18.2 Å². The van der Waals surface area contributed by atoms with Crippen LogP contribution in [0.25, 0.3) is 0 Å². The molecule has 0 spiro atoms. The van der Waals surface area contributed by atoms with Crippen molar-refractivity contribution in [2.45, 2.75) is 26.9 Å². The minimum absolute atomic E-state index is 0.0761. The summed E-state index contributed by atoms with van der Waals surface area (Å²) in [5.74, 6) is 0.145. The molecule has 17 heavy (non-hydrogen) atoms. The topological polar surface area (TPSA) is 55.4 Å².